The van der Waals surface area contributed by atoms with Crippen molar-refractivity contribution in [1.29, 1.82) is 0 Å². The molecule has 0 aromatic heterocycles. The summed E-state index contributed by atoms with van der Waals surface area (Å²) in [5.74, 6) is -3.03. The Hall–Kier alpha value is -4.76. The molecule has 0 aliphatic carbocycles. The monoisotopic (exact) mass is 657 g/mol. The van der Waals surface area contributed by atoms with Crippen molar-refractivity contribution < 1.29 is 27.2 Å². The largest absolute Gasteiger partial charge is 0.416 e. The van der Waals surface area contributed by atoms with Gasteiger partial charge < -0.3 is 10.2 Å². The van der Waals surface area contributed by atoms with E-state index in [-0.39, 0.29) is 30.0 Å². The normalized spacial score (nSPS) is 14.9. The molecule has 1 fully saturated rings. The van der Waals surface area contributed by atoms with E-state index in [0.717, 1.165) is 41.8 Å². The standard InChI is InChI=1S/C39H39F4N3O2/c1-2-28-13-15-30(16-14-28)26-44-37(47)34(24-32-17-18-33(25-36(32)40)39(41,42)43)35(23-29-9-5-3-6-10-29)38(48)46-21-19-45(20-22-46)27-31-11-7-4-8-12-31/h3-18,24-25,35H,2,19-23,26-27H2,1H3,(H,44,47)/t35-/m0/s1. The molecule has 2 amide bonds. The van der Waals surface area contributed by atoms with Crippen molar-refractivity contribution in [2.45, 2.75) is 39.0 Å². The first-order valence-electron chi connectivity index (χ1n) is 16.1. The van der Waals surface area contributed by atoms with E-state index in [9.17, 15) is 22.8 Å². The van der Waals surface area contributed by atoms with E-state index in [1.165, 1.54) is 11.6 Å². The molecule has 0 spiro atoms. The van der Waals surface area contributed by atoms with Crippen LogP contribution in [0.15, 0.2) is 109 Å². The summed E-state index contributed by atoms with van der Waals surface area (Å²) in [4.78, 5) is 32.3. The van der Waals surface area contributed by atoms with Crippen LogP contribution < -0.4 is 5.32 Å². The van der Waals surface area contributed by atoms with Crippen molar-refractivity contribution in [1.82, 2.24) is 15.1 Å². The zero-order valence-corrected chi connectivity index (χ0v) is 26.8. The average molecular weight is 658 g/mol. The number of hydrogen-bond acceptors (Lipinski definition) is 3. The predicted molar refractivity (Wildman–Crippen MR) is 179 cm³/mol. The Balaban J connectivity index is 1.46. The van der Waals surface area contributed by atoms with Crippen molar-refractivity contribution in [3.8, 4) is 0 Å². The van der Waals surface area contributed by atoms with Crippen LogP contribution in [0.2, 0.25) is 0 Å². The summed E-state index contributed by atoms with van der Waals surface area (Å²) >= 11 is 0. The molecule has 0 bridgehead atoms. The molecular formula is C39H39F4N3O2. The molecule has 1 N–H and O–H groups in total. The number of rotatable bonds is 11. The van der Waals surface area contributed by atoms with Gasteiger partial charge in [0.25, 0.3) is 0 Å². The molecule has 9 heteroatoms. The number of nitrogens with one attached hydrogen (secondary N) is 1. The zero-order valence-electron chi connectivity index (χ0n) is 26.8. The van der Waals surface area contributed by atoms with Gasteiger partial charge >= 0.3 is 6.18 Å². The molecule has 4 aromatic rings. The summed E-state index contributed by atoms with van der Waals surface area (Å²) < 4.78 is 55.2. The van der Waals surface area contributed by atoms with Crippen molar-refractivity contribution >= 4 is 17.9 Å². The van der Waals surface area contributed by atoms with E-state index in [1.807, 2.05) is 79.7 Å². The quantitative estimate of drug-likeness (QED) is 0.136. The van der Waals surface area contributed by atoms with Crippen molar-refractivity contribution in [2.24, 2.45) is 5.92 Å². The van der Waals surface area contributed by atoms with Crippen LogP contribution >= 0.6 is 0 Å². The van der Waals surface area contributed by atoms with Crippen LogP contribution in [-0.4, -0.2) is 47.8 Å². The maximum atomic E-state index is 15.2. The highest BCUT2D eigenvalue weighted by atomic mass is 19.4. The summed E-state index contributed by atoms with van der Waals surface area (Å²) in [6, 6.07) is 29.2. The Labute approximate surface area is 278 Å². The first kappa shape index (κ1) is 34.6. The predicted octanol–water partition coefficient (Wildman–Crippen LogP) is 7.31. The van der Waals surface area contributed by atoms with Crippen molar-refractivity contribution in [2.75, 3.05) is 26.2 Å². The number of carbonyl (C=O) groups is 2. The minimum Gasteiger partial charge on any atom is -0.348 e. The summed E-state index contributed by atoms with van der Waals surface area (Å²) in [6.45, 7) is 5.07. The van der Waals surface area contributed by atoms with Gasteiger partial charge in [0.2, 0.25) is 11.8 Å². The SMILES string of the molecule is CCc1ccc(CNC(=O)C(=Cc2ccc(C(F)(F)F)cc2F)[C@H](Cc2ccccc2)C(=O)N2CCN(Cc3ccccc3)CC2)cc1. The van der Waals surface area contributed by atoms with E-state index in [4.69, 9.17) is 0 Å². The fourth-order valence-electron chi connectivity index (χ4n) is 5.86. The van der Waals surface area contributed by atoms with Gasteiger partial charge in [-0.25, -0.2) is 4.39 Å². The number of halogens is 4. The molecule has 1 saturated heterocycles. The van der Waals surface area contributed by atoms with Gasteiger partial charge in [0.05, 0.1) is 11.5 Å². The molecule has 5 rings (SSSR count). The molecular weight excluding hydrogens is 618 g/mol. The first-order valence-corrected chi connectivity index (χ1v) is 16.1. The van der Waals surface area contributed by atoms with E-state index in [1.54, 1.807) is 4.90 Å². The molecule has 1 atom stereocenters. The lowest BCUT2D eigenvalue weighted by molar-refractivity contribution is -0.138. The van der Waals surface area contributed by atoms with Gasteiger partial charge in [0, 0.05) is 50.4 Å². The molecule has 1 aliphatic heterocycles. The van der Waals surface area contributed by atoms with Crippen LogP contribution in [0.25, 0.3) is 6.08 Å². The second-order valence-electron chi connectivity index (χ2n) is 12.0. The van der Waals surface area contributed by atoms with Gasteiger partial charge in [0.1, 0.15) is 5.82 Å². The van der Waals surface area contributed by atoms with Crippen LogP contribution in [0, 0.1) is 11.7 Å². The smallest absolute Gasteiger partial charge is 0.348 e. The van der Waals surface area contributed by atoms with Crippen LogP contribution in [0.5, 0.6) is 0 Å². The maximum absolute atomic E-state index is 15.2. The highest BCUT2D eigenvalue weighted by molar-refractivity contribution is 6.04. The Morgan fingerprint density at radius 3 is 1.98 bits per heavy atom. The zero-order chi connectivity index (χ0) is 34.1. The number of hydrogen-bond donors (Lipinski definition) is 1. The van der Waals surface area contributed by atoms with E-state index in [2.05, 4.69) is 22.3 Å². The van der Waals surface area contributed by atoms with Gasteiger partial charge in [0.15, 0.2) is 0 Å². The molecule has 250 valence electrons. The molecule has 1 heterocycles. The third-order valence-corrected chi connectivity index (χ3v) is 8.67. The summed E-state index contributed by atoms with van der Waals surface area (Å²) in [5, 5.41) is 2.88. The topological polar surface area (TPSA) is 52.7 Å². The fourth-order valence-corrected chi connectivity index (χ4v) is 5.86. The van der Waals surface area contributed by atoms with Crippen LogP contribution in [-0.2, 0) is 41.7 Å². The number of piperazine rings is 1. The summed E-state index contributed by atoms with van der Waals surface area (Å²) in [5.41, 5.74) is 2.58. The number of benzene rings is 4. The fraction of sp³-hybridized carbons (Fsp3) is 0.282. The average Bonchev–Trinajstić information content (AvgIpc) is 3.10. The number of aryl methyl sites for hydroxylation is 1. The summed E-state index contributed by atoms with van der Waals surface area (Å²) in [6.07, 6.45) is -2.49. The van der Waals surface area contributed by atoms with Crippen molar-refractivity contribution in [3.63, 3.8) is 0 Å². The lowest BCUT2D eigenvalue weighted by Crippen LogP contribution is -2.51. The van der Waals surface area contributed by atoms with Crippen LogP contribution in [0.4, 0.5) is 17.6 Å². The summed E-state index contributed by atoms with van der Waals surface area (Å²) in [7, 11) is 0. The van der Waals surface area contributed by atoms with Gasteiger partial charge in [-0.05, 0) is 53.3 Å². The van der Waals surface area contributed by atoms with Gasteiger partial charge in [-0.3, -0.25) is 14.5 Å². The van der Waals surface area contributed by atoms with Crippen molar-refractivity contribution in [3.05, 3.63) is 148 Å². The van der Waals surface area contributed by atoms with E-state index >= 15 is 4.39 Å². The first-order chi connectivity index (χ1) is 23.1. The molecule has 0 unspecified atom stereocenters. The molecule has 1 aliphatic rings. The highest BCUT2D eigenvalue weighted by Crippen LogP contribution is 2.32. The Kier molecular flexibility index (Phi) is 11.4. The van der Waals surface area contributed by atoms with E-state index < -0.39 is 29.4 Å². The minimum atomic E-state index is -4.73. The minimum absolute atomic E-state index is 0.0144. The number of alkyl halides is 3. The number of carbonyl (C=O) groups excluding carboxylic acids is 2. The van der Waals surface area contributed by atoms with Crippen LogP contribution in [0.3, 0.4) is 0 Å². The van der Waals surface area contributed by atoms with Gasteiger partial charge in [-0.15, -0.1) is 0 Å². The Morgan fingerprint density at radius 1 is 0.792 bits per heavy atom. The third-order valence-electron chi connectivity index (χ3n) is 8.67. The van der Waals surface area contributed by atoms with E-state index in [0.29, 0.717) is 32.2 Å². The Bertz CT molecular complexity index is 1700. The number of nitrogens with zero attached hydrogens (tertiary/aromatic N) is 2. The lowest BCUT2D eigenvalue weighted by atomic mass is 9.88. The molecule has 5 nitrogen and oxygen atoms in total. The van der Waals surface area contributed by atoms with Gasteiger partial charge in [-0.1, -0.05) is 97.9 Å². The van der Waals surface area contributed by atoms with Crippen LogP contribution in [0.1, 0.15) is 40.3 Å². The highest BCUT2D eigenvalue weighted by Gasteiger charge is 2.34. The third kappa shape index (κ3) is 9.19. The lowest BCUT2D eigenvalue weighted by Gasteiger charge is -2.37. The Morgan fingerprint density at radius 2 is 1.40 bits per heavy atom. The molecule has 0 saturated carbocycles. The van der Waals surface area contributed by atoms with Gasteiger partial charge in [-0.2, -0.15) is 13.2 Å². The maximum Gasteiger partial charge on any atom is 0.416 e. The molecule has 48 heavy (non-hydrogen) atoms. The number of amides is 2. The molecule has 0 radical (unpaired) electrons. The molecule has 4 aromatic carbocycles. The second-order valence-corrected chi connectivity index (χ2v) is 12.0. The second kappa shape index (κ2) is 15.9.